The molecular formula is C12H22F2N2O. The van der Waals surface area contributed by atoms with E-state index in [1.54, 1.807) is 0 Å². The Bertz CT molecular complexity index is 237. The summed E-state index contributed by atoms with van der Waals surface area (Å²) in [6.07, 6.45) is 2.49. The average Bonchev–Trinajstić information content (AvgIpc) is 2.50. The van der Waals surface area contributed by atoms with Crippen LogP contribution in [0.25, 0.3) is 0 Å². The second-order valence-corrected chi connectivity index (χ2v) is 5.32. The lowest BCUT2D eigenvalue weighted by Crippen LogP contribution is -2.56. The maximum absolute atomic E-state index is 11.9. The Balaban J connectivity index is 1.79. The van der Waals surface area contributed by atoms with Gasteiger partial charge in [0, 0.05) is 37.8 Å². The Labute approximate surface area is 102 Å². The molecule has 0 radical (unpaired) electrons. The largest absolute Gasteiger partial charge is 0.345 e. The molecule has 0 aromatic carbocycles. The Morgan fingerprint density at radius 1 is 1.18 bits per heavy atom. The molecule has 0 aromatic rings. The van der Waals surface area contributed by atoms with Crippen molar-refractivity contribution in [1.29, 1.82) is 0 Å². The number of hydrogen-bond donors (Lipinski definition) is 0. The minimum absolute atomic E-state index is 0.138. The molecule has 2 atom stereocenters. The predicted octanol–water partition coefficient (Wildman–Crippen LogP) is 1.78. The van der Waals surface area contributed by atoms with Crippen LogP contribution in [0.2, 0.25) is 0 Å². The summed E-state index contributed by atoms with van der Waals surface area (Å²) in [4.78, 5) is 4.86. The summed E-state index contributed by atoms with van der Waals surface area (Å²) < 4.78 is 28.1. The fraction of sp³-hybridized carbons (Fsp3) is 1.00. The average molecular weight is 248 g/mol. The van der Waals surface area contributed by atoms with Crippen molar-refractivity contribution >= 4 is 0 Å². The van der Waals surface area contributed by atoms with Gasteiger partial charge in [0.05, 0.1) is 6.61 Å². The van der Waals surface area contributed by atoms with Crippen LogP contribution in [0.4, 0.5) is 8.78 Å². The lowest BCUT2D eigenvalue weighted by Gasteiger charge is -2.43. The van der Waals surface area contributed by atoms with Crippen molar-refractivity contribution in [3.8, 4) is 0 Å². The van der Waals surface area contributed by atoms with Gasteiger partial charge in [-0.05, 0) is 26.7 Å². The molecule has 0 saturated carbocycles. The molecule has 2 bridgehead atoms. The summed E-state index contributed by atoms with van der Waals surface area (Å²) in [6.45, 7) is 4.61. The van der Waals surface area contributed by atoms with E-state index >= 15 is 0 Å². The van der Waals surface area contributed by atoms with Gasteiger partial charge in [0.15, 0.2) is 0 Å². The van der Waals surface area contributed by atoms with Gasteiger partial charge in [0.25, 0.3) is 0 Å². The number of piperazine rings is 1. The van der Waals surface area contributed by atoms with Gasteiger partial charge in [-0.1, -0.05) is 0 Å². The van der Waals surface area contributed by atoms with Gasteiger partial charge in [-0.25, -0.2) is 0 Å². The Morgan fingerprint density at radius 3 is 2.24 bits per heavy atom. The fourth-order valence-corrected chi connectivity index (χ4v) is 3.32. The van der Waals surface area contributed by atoms with Crippen LogP contribution < -0.4 is 0 Å². The Kier molecular flexibility index (Phi) is 4.33. The summed E-state index contributed by atoms with van der Waals surface area (Å²) in [7, 11) is 0. The van der Waals surface area contributed by atoms with Gasteiger partial charge in [-0.15, -0.1) is 0 Å². The molecule has 0 aliphatic carbocycles. The van der Waals surface area contributed by atoms with Crippen LogP contribution in [-0.2, 0) is 4.74 Å². The van der Waals surface area contributed by atoms with Gasteiger partial charge in [0.2, 0.25) is 0 Å². The van der Waals surface area contributed by atoms with Crippen LogP contribution in [0.1, 0.15) is 26.7 Å². The van der Waals surface area contributed by atoms with Crippen molar-refractivity contribution in [3.63, 3.8) is 0 Å². The Hall–Kier alpha value is -0.260. The number of hydrogen-bond acceptors (Lipinski definition) is 3. The van der Waals surface area contributed by atoms with E-state index in [9.17, 15) is 8.78 Å². The quantitative estimate of drug-likeness (QED) is 0.737. The lowest BCUT2D eigenvalue weighted by molar-refractivity contribution is -0.133. The number of alkyl halides is 2. The number of halogens is 2. The molecule has 2 fully saturated rings. The third-order valence-electron chi connectivity index (χ3n) is 3.86. The molecule has 17 heavy (non-hydrogen) atoms. The van der Waals surface area contributed by atoms with Gasteiger partial charge in [0.1, 0.15) is 0 Å². The van der Waals surface area contributed by atoms with Gasteiger partial charge in [-0.3, -0.25) is 9.80 Å². The zero-order valence-electron chi connectivity index (χ0n) is 10.6. The van der Waals surface area contributed by atoms with Gasteiger partial charge in [-0.2, -0.15) is 8.78 Å². The number of likely N-dealkylation sites (tertiary alicyclic amines) is 1. The number of rotatable bonds is 5. The molecular weight excluding hydrogens is 226 g/mol. The van der Waals surface area contributed by atoms with Crippen LogP contribution in [0.5, 0.6) is 0 Å². The van der Waals surface area contributed by atoms with E-state index in [1.165, 1.54) is 12.8 Å². The highest BCUT2D eigenvalue weighted by Crippen LogP contribution is 2.31. The van der Waals surface area contributed by atoms with Crippen LogP contribution in [0, 0.1) is 0 Å². The van der Waals surface area contributed by atoms with Crippen LogP contribution in [0.3, 0.4) is 0 Å². The zero-order valence-corrected chi connectivity index (χ0v) is 10.6. The van der Waals surface area contributed by atoms with Crippen LogP contribution in [-0.4, -0.2) is 60.8 Å². The monoisotopic (exact) mass is 248 g/mol. The topological polar surface area (TPSA) is 15.7 Å². The molecule has 0 aromatic heterocycles. The highest BCUT2D eigenvalue weighted by atomic mass is 19.3. The maximum atomic E-state index is 11.9. The minimum atomic E-state index is -2.64. The van der Waals surface area contributed by atoms with E-state index in [4.69, 9.17) is 0 Å². The van der Waals surface area contributed by atoms with E-state index in [2.05, 4.69) is 28.4 Å². The van der Waals surface area contributed by atoms with E-state index < -0.39 is 6.61 Å². The molecule has 2 heterocycles. The van der Waals surface area contributed by atoms with E-state index in [0.29, 0.717) is 24.7 Å². The molecule has 2 aliphatic rings. The maximum Gasteiger partial charge on any atom is 0.345 e. The zero-order chi connectivity index (χ0) is 12.4. The predicted molar refractivity (Wildman–Crippen MR) is 62.2 cm³/mol. The Morgan fingerprint density at radius 2 is 1.76 bits per heavy atom. The first-order chi connectivity index (χ1) is 8.08. The molecule has 0 N–H and O–H groups in total. The highest BCUT2D eigenvalue weighted by Gasteiger charge is 2.40. The normalized spacial score (nSPS) is 30.7. The third kappa shape index (κ3) is 3.14. The van der Waals surface area contributed by atoms with E-state index in [1.807, 2.05) is 0 Å². The van der Waals surface area contributed by atoms with Crippen molar-refractivity contribution in [3.05, 3.63) is 0 Å². The first kappa shape index (κ1) is 13.2. The molecule has 100 valence electrons. The second kappa shape index (κ2) is 5.59. The van der Waals surface area contributed by atoms with Gasteiger partial charge < -0.3 is 4.74 Å². The van der Waals surface area contributed by atoms with Crippen molar-refractivity contribution in [1.82, 2.24) is 9.80 Å². The van der Waals surface area contributed by atoms with Crippen molar-refractivity contribution in [2.24, 2.45) is 0 Å². The van der Waals surface area contributed by atoms with Crippen molar-refractivity contribution in [2.75, 3.05) is 26.2 Å². The molecule has 5 heteroatoms. The summed E-state index contributed by atoms with van der Waals surface area (Å²) in [5.74, 6) is 0. The van der Waals surface area contributed by atoms with Crippen LogP contribution >= 0.6 is 0 Å². The van der Waals surface area contributed by atoms with E-state index in [0.717, 1.165) is 13.1 Å². The standard InChI is InChI=1S/C12H22F2N2O/c1-9(2)16-10-3-4-11(16)8-15(7-10)5-6-17-12(13)14/h9-12H,3-8H2,1-2H3. The molecule has 2 aliphatic heterocycles. The highest BCUT2D eigenvalue weighted by molar-refractivity contribution is 4.96. The summed E-state index contributed by atoms with van der Waals surface area (Å²) in [5.41, 5.74) is 0. The van der Waals surface area contributed by atoms with Crippen molar-refractivity contribution < 1.29 is 13.5 Å². The number of ether oxygens (including phenoxy) is 1. The minimum Gasteiger partial charge on any atom is -0.322 e. The summed E-state index contributed by atoms with van der Waals surface area (Å²) >= 11 is 0. The summed E-state index contributed by atoms with van der Waals surface area (Å²) in [6, 6.07) is 1.81. The van der Waals surface area contributed by atoms with Gasteiger partial charge >= 0.3 is 6.61 Å². The van der Waals surface area contributed by atoms with Crippen LogP contribution in [0.15, 0.2) is 0 Å². The molecule has 0 amide bonds. The molecule has 2 saturated heterocycles. The number of fused-ring (bicyclic) bond motifs is 2. The second-order valence-electron chi connectivity index (χ2n) is 5.32. The molecule has 2 rings (SSSR count). The van der Waals surface area contributed by atoms with E-state index in [-0.39, 0.29) is 6.61 Å². The van der Waals surface area contributed by atoms with Crippen molar-refractivity contribution in [2.45, 2.75) is 51.4 Å². The fourth-order valence-electron chi connectivity index (χ4n) is 3.32. The SMILES string of the molecule is CC(C)N1C2CCC1CN(CCOC(F)F)C2. The summed E-state index contributed by atoms with van der Waals surface area (Å²) in [5, 5.41) is 0. The first-order valence-electron chi connectivity index (χ1n) is 6.47. The smallest absolute Gasteiger partial charge is 0.322 e. The number of nitrogens with zero attached hydrogens (tertiary/aromatic N) is 2. The third-order valence-corrected chi connectivity index (χ3v) is 3.86. The molecule has 2 unspecified atom stereocenters. The molecule has 3 nitrogen and oxygen atoms in total. The first-order valence-corrected chi connectivity index (χ1v) is 6.47. The molecule has 0 spiro atoms. The lowest BCUT2D eigenvalue weighted by atomic mass is 10.1.